The highest BCUT2D eigenvalue weighted by atomic mass is 16.5. The van der Waals surface area contributed by atoms with Crippen molar-refractivity contribution in [1.29, 1.82) is 0 Å². The largest absolute Gasteiger partial charge is 0.495 e. The molecule has 1 aliphatic rings. The lowest BCUT2D eigenvalue weighted by Gasteiger charge is -2.28. The van der Waals surface area contributed by atoms with Crippen LogP contribution in [0.4, 0.5) is 16.2 Å². The van der Waals surface area contributed by atoms with Crippen LogP contribution in [0.3, 0.4) is 0 Å². The normalized spacial score (nSPS) is 13.3. The Morgan fingerprint density at radius 1 is 1.39 bits per heavy atom. The Morgan fingerprint density at radius 2 is 2.26 bits per heavy atom. The first-order valence-corrected chi connectivity index (χ1v) is 7.60. The molecule has 0 radical (unpaired) electrons. The number of nitrogens with two attached hydrogens (primary N) is 1. The number of benzene rings is 1. The van der Waals surface area contributed by atoms with E-state index in [-0.39, 0.29) is 0 Å². The third kappa shape index (κ3) is 3.36. The first-order chi connectivity index (χ1) is 11.2. The van der Waals surface area contributed by atoms with Crippen molar-refractivity contribution >= 4 is 17.4 Å². The number of ether oxygens (including phenoxy) is 1. The molecule has 3 rings (SSSR count). The number of rotatable bonds is 4. The number of urea groups is 1. The number of aromatic nitrogens is 1. The number of carbonyl (C=O) groups is 1. The molecule has 2 aromatic rings. The molecule has 1 aromatic carbocycles. The summed E-state index contributed by atoms with van der Waals surface area (Å²) in [6.07, 6.45) is 3.61. The van der Waals surface area contributed by atoms with Crippen LogP contribution in [0.1, 0.15) is 17.7 Å². The minimum absolute atomic E-state index is 0.403. The fourth-order valence-electron chi connectivity index (χ4n) is 2.74. The molecule has 6 heteroatoms. The molecular weight excluding hydrogens is 292 g/mol. The summed E-state index contributed by atoms with van der Waals surface area (Å²) in [7, 11) is 1.62. The molecule has 0 bridgehead atoms. The van der Waals surface area contributed by atoms with E-state index in [0.717, 1.165) is 41.2 Å². The second-order valence-electron chi connectivity index (χ2n) is 5.48. The van der Waals surface area contributed by atoms with Crippen molar-refractivity contribution in [2.45, 2.75) is 19.4 Å². The van der Waals surface area contributed by atoms with Crippen molar-refractivity contribution in [1.82, 2.24) is 4.98 Å². The first kappa shape index (κ1) is 15.1. The number of primary amides is 1. The van der Waals surface area contributed by atoms with Crippen molar-refractivity contribution < 1.29 is 9.53 Å². The zero-order chi connectivity index (χ0) is 16.2. The maximum Gasteiger partial charge on any atom is 0.319 e. The quantitative estimate of drug-likeness (QED) is 0.909. The summed E-state index contributed by atoms with van der Waals surface area (Å²) >= 11 is 0. The highest BCUT2D eigenvalue weighted by molar-refractivity contribution is 5.92. The fourth-order valence-corrected chi connectivity index (χ4v) is 2.74. The molecule has 23 heavy (non-hydrogen) atoms. The maximum atomic E-state index is 11.6. The number of fused-ring (bicyclic) bond motifs is 1. The maximum absolute atomic E-state index is 11.6. The van der Waals surface area contributed by atoms with Gasteiger partial charge >= 0.3 is 6.03 Å². The number of aryl methyl sites for hydroxylation is 1. The van der Waals surface area contributed by atoms with Crippen LogP contribution in [0.5, 0.6) is 5.75 Å². The monoisotopic (exact) mass is 312 g/mol. The number of anilines is 2. The molecule has 6 nitrogen and oxygen atoms in total. The summed E-state index contributed by atoms with van der Waals surface area (Å²) in [6.45, 7) is 1.27. The van der Waals surface area contributed by atoms with Gasteiger partial charge in [0, 0.05) is 12.2 Å². The summed E-state index contributed by atoms with van der Waals surface area (Å²) in [5, 5.41) is 3.33. The molecule has 0 spiro atoms. The number of hydrogen-bond donors (Lipinski definition) is 2. The summed E-state index contributed by atoms with van der Waals surface area (Å²) in [5.41, 5.74) is 9.38. The van der Waals surface area contributed by atoms with Gasteiger partial charge < -0.3 is 15.8 Å². The van der Waals surface area contributed by atoms with Gasteiger partial charge in [-0.1, -0.05) is 6.07 Å². The number of carbonyl (C=O) groups excluding carboxylic acids is 1. The molecule has 2 heterocycles. The number of amides is 2. The van der Waals surface area contributed by atoms with Gasteiger partial charge in [0.15, 0.2) is 0 Å². The predicted octanol–water partition coefficient (Wildman–Crippen LogP) is 2.53. The summed E-state index contributed by atoms with van der Waals surface area (Å²) < 4.78 is 5.10. The Kier molecular flexibility index (Phi) is 4.32. The van der Waals surface area contributed by atoms with Crippen LogP contribution < -0.4 is 20.7 Å². The Balaban J connectivity index is 1.73. The van der Waals surface area contributed by atoms with Gasteiger partial charge in [0.1, 0.15) is 5.75 Å². The van der Waals surface area contributed by atoms with E-state index < -0.39 is 6.03 Å². The number of hydrogen-bond acceptors (Lipinski definition) is 4. The molecule has 0 unspecified atom stereocenters. The molecule has 0 fully saturated rings. The summed E-state index contributed by atoms with van der Waals surface area (Å²) in [6, 6.07) is 9.44. The summed E-state index contributed by atoms with van der Waals surface area (Å²) in [4.78, 5) is 17.5. The molecule has 120 valence electrons. The smallest absolute Gasteiger partial charge is 0.319 e. The van der Waals surface area contributed by atoms with E-state index in [1.165, 1.54) is 0 Å². The second kappa shape index (κ2) is 6.56. The average Bonchev–Trinajstić information content (AvgIpc) is 2.59. The highest BCUT2D eigenvalue weighted by Crippen LogP contribution is 2.30. The van der Waals surface area contributed by atoms with Gasteiger partial charge in [-0.05, 0) is 42.7 Å². The molecule has 3 N–H and O–H groups in total. The highest BCUT2D eigenvalue weighted by Gasteiger charge is 2.20. The lowest BCUT2D eigenvalue weighted by molar-refractivity contribution is 0.253. The van der Waals surface area contributed by atoms with Gasteiger partial charge in [0.2, 0.25) is 0 Å². The second-order valence-corrected chi connectivity index (χ2v) is 5.48. The minimum Gasteiger partial charge on any atom is -0.495 e. The molecule has 0 saturated carbocycles. The SMILES string of the molecule is COc1ccc(CNc2ccc3c(c2)N(C(N)=O)CCC3)nc1. The lowest BCUT2D eigenvalue weighted by atomic mass is 10.0. The van der Waals surface area contributed by atoms with E-state index in [0.29, 0.717) is 13.1 Å². The van der Waals surface area contributed by atoms with Crippen molar-refractivity contribution in [3.8, 4) is 5.75 Å². The zero-order valence-corrected chi connectivity index (χ0v) is 13.1. The van der Waals surface area contributed by atoms with Crippen molar-refractivity contribution in [2.24, 2.45) is 5.73 Å². The van der Waals surface area contributed by atoms with Gasteiger partial charge in [-0.2, -0.15) is 0 Å². The van der Waals surface area contributed by atoms with Crippen LogP contribution in [0.15, 0.2) is 36.5 Å². The van der Waals surface area contributed by atoms with Crippen LogP contribution in [0, 0.1) is 0 Å². The molecule has 0 saturated heterocycles. The van der Waals surface area contributed by atoms with Crippen molar-refractivity contribution in [3.63, 3.8) is 0 Å². The number of methoxy groups -OCH3 is 1. The van der Waals surface area contributed by atoms with E-state index in [9.17, 15) is 4.79 Å². The topological polar surface area (TPSA) is 80.5 Å². The van der Waals surface area contributed by atoms with Crippen LogP contribution >= 0.6 is 0 Å². The van der Waals surface area contributed by atoms with E-state index in [4.69, 9.17) is 10.5 Å². The van der Waals surface area contributed by atoms with E-state index in [1.807, 2.05) is 30.3 Å². The third-order valence-electron chi connectivity index (χ3n) is 3.98. The van der Waals surface area contributed by atoms with Crippen LogP contribution in [-0.4, -0.2) is 24.7 Å². The predicted molar refractivity (Wildman–Crippen MR) is 89.8 cm³/mol. The van der Waals surface area contributed by atoms with Gasteiger partial charge in [0.05, 0.1) is 31.2 Å². The molecule has 2 amide bonds. The van der Waals surface area contributed by atoms with Gasteiger partial charge in [-0.25, -0.2) is 4.79 Å². The lowest BCUT2D eigenvalue weighted by Crippen LogP contribution is -2.39. The van der Waals surface area contributed by atoms with Crippen LogP contribution in [-0.2, 0) is 13.0 Å². The Labute approximate surface area is 135 Å². The van der Waals surface area contributed by atoms with Gasteiger partial charge in [-0.15, -0.1) is 0 Å². The van der Waals surface area contributed by atoms with Crippen molar-refractivity contribution in [3.05, 3.63) is 47.8 Å². The summed E-state index contributed by atoms with van der Waals surface area (Å²) in [5.74, 6) is 0.736. The zero-order valence-electron chi connectivity index (χ0n) is 13.1. The first-order valence-electron chi connectivity index (χ1n) is 7.60. The third-order valence-corrected chi connectivity index (χ3v) is 3.98. The Bertz CT molecular complexity index is 700. The van der Waals surface area contributed by atoms with Crippen LogP contribution in [0.25, 0.3) is 0 Å². The fraction of sp³-hybridized carbons (Fsp3) is 0.294. The van der Waals surface area contributed by atoms with Crippen molar-refractivity contribution in [2.75, 3.05) is 23.9 Å². The molecule has 0 atom stereocenters. The number of nitrogens with one attached hydrogen (secondary N) is 1. The van der Waals surface area contributed by atoms with E-state index in [1.54, 1.807) is 18.2 Å². The molecular formula is C17H20N4O2. The molecule has 1 aliphatic heterocycles. The Hall–Kier alpha value is -2.76. The van der Waals surface area contributed by atoms with Gasteiger partial charge in [0.25, 0.3) is 0 Å². The van der Waals surface area contributed by atoms with E-state index >= 15 is 0 Å². The Morgan fingerprint density at radius 3 is 2.96 bits per heavy atom. The number of pyridine rings is 1. The number of nitrogens with zero attached hydrogens (tertiary/aromatic N) is 2. The standard InChI is InChI=1S/C17H20N4O2/c1-23-15-7-6-14(20-11-15)10-19-13-5-4-12-3-2-8-21(17(18)22)16(12)9-13/h4-7,9,11,19H,2-3,8,10H2,1H3,(H2,18,22). The molecule has 1 aromatic heterocycles. The molecule has 0 aliphatic carbocycles. The van der Waals surface area contributed by atoms with E-state index in [2.05, 4.69) is 10.3 Å². The minimum atomic E-state index is -0.403. The van der Waals surface area contributed by atoms with Gasteiger partial charge in [-0.3, -0.25) is 9.88 Å². The average molecular weight is 312 g/mol. The van der Waals surface area contributed by atoms with Crippen LogP contribution in [0.2, 0.25) is 0 Å².